The van der Waals surface area contributed by atoms with Crippen LogP contribution in [0, 0.1) is 6.92 Å². The Morgan fingerprint density at radius 1 is 1.32 bits per heavy atom. The summed E-state index contributed by atoms with van der Waals surface area (Å²) < 4.78 is 6.86. The molecule has 0 radical (unpaired) electrons. The first-order chi connectivity index (χ1) is 12.0. The number of aryl methyl sites for hydroxylation is 2. The lowest BCUT2D eigenvalue weighted by molar-refractivity contribution is 0.0693. The number of hydrogen-bond acceptors (Lipinski definition) is 6. The smallest absolute Gasteiger partial charge is 0.339 e. The van der Waals surface area contributed by atoms with Gasteiger partial charge in [-0.3, -0.25) is 4.68 Å². The van der Waals surface area contributed by atoms with E-state index < -0.39 is 5.97 Å². The number of benzene rings is 1. The molecule has 25 heavy (non-hydrogen) atoms. The van der Waals surface area contributed by atoms with Gasteiger partial charge in [0.1, 0.15) is 11.3 Å². The molecule has 0 aliphatic rings. The van der Waals surface area contributed by atoms with Crippen LogP contribution >= 0.6 is 0 Å². The van der Waals surface area contributed by atoms with Gasteiger partial charge >= 0.3 is 5.97 Å². The number of aromatic carboxylic acids is 1. The van der Waals surface area contributed by atoms with E-state index in [-0.39, 0.29) is 11.3 Å². The molecule has 0 spiro atoms. The van der Waals surface area contributed by atoms with Gasteiger partial charge in [0.15, 0.2) is 0 Å². The van der Waals surface area contributed by atoms with Crippen LogP contribution in [0.3, 0.4) is 0 Å². The number of nitrogens with one attached hydrogen (secondary N) is 1. The van der Waals surface area contributed by atoms with Crippen molar-refractivity contribution in [2.45, 2.75) is 6.92 Å². The maximum Gasteiger partial charge on any atom is 0.339 e. The third-order valence-electron chi connectivity index (χ3n) is 3.64. The molecule has 3 aromatic rings. The van der Waals surface area contributed by atoms with Crippen molar-refractivity contribution in [1.82, 2.24) is 19.7 Å². The average molecular weight is 339 g/mol. The predicted octanol–water partition coefficient (Wildman–Crippen LogP) is 2.64. The molecule has 128 valence electrons. The van der Waals surface area contributed by atoms with Crippen LogP contribution in [0.4, 0.5) is 11.6 Å². The van der Waals surface area contributed by atoms with Crippen LogP contribution in [0.5, 0.6) is 5.75 Å². The van der Waals surface area contributed by atoms with Crippen molar-refractivity contribution in [3.8, 4) is 17.0 Å². The van der Waals surface area contributed by atoms with Gasteiger partial charge in [-0.1, -0.05) is 6.07 Å². The van der Waals surface area contributed by atoms with E-state index in [0.29, 0.717) is 11.6 Å². The van der Waals surface area contributed by atoms with Crippen molar-refractivity contribution in [1.29, 1.82) is 0 Å². The monoisotopic (exact) mass is 339 g/mol. The summed E-state index contributed by atoms with van der Waals surface area (Å²) in [5.41, 5.74) is 3.18. The highest BCUT2D eigenvalue weighted by Crippen LogP contribution is 2.29. The maximum absolute atomic E-state index is 11.2. The summed E-state index contributed by atoms with van der Waals surface area (Å²) >= 11 is 0. The number of nitrogens with zero attached hydrogens (tertiary/aromatic N) is 4. The van der Waals surface area contributed by atoms with Crippen molar-refractivity contribution >= 4 is 17.6 Å². The second kappa shape index (κ2) is 6.60. The molecular weight excluding hydrogens is 322 g/mol. The molecule has 0 saturated carbocycles. The fraction of sp³-hybridized carbons (Fsp3) is 0.176. The first-order valence-corrected chi connectivity index (χ1v) is 7.49. The van der Waals surface area contributed by atoms with E-state index in [0.717, 1.165) is 16.8 Å². The fourth-order valence-electron chi connectivity index (χ4n) is 2.42. The summed E-state index contributed by atoms with van der Waals surface area (Å²) in [5, 5.41) is 16.4. The summed E-state index contributed by atoms with van der Waals surface area (Å²) in [4.78, 5) is 20.0. The third-order valence-corrected chi connectivity index (χ3v) is 3.64. The zero-order valence-corrected chi connectivity index (χ0v) is 14.0. The van der Waals surface area contributed by atoms with Crippen molar-refractivity contribution in [3.63, 3.8) is 0 Å². The first-order valence-electron chi connectivity index (χ1n) is 7.49. The quantitative estimate of drug-likeness (QED) is 0.736. The zero-order chi connectivity index (χ0) is 18.0. The van der Waals surface area contributed by atoms with Gasteiger partial charge < -0.3 is 15.2 Å². The second-order valence-corrected chi connectivity index (χ2v) is 5.47. The molecule has 8 nitrogen and oxygen atoms in total. The van der Waals surface area contributed by atoms with E-state index in [4.69, 9.17) is 4.74 Å². The normalized spacial score (nSPS) is 10.5. The van der Waals surface area contributed by atoms with Gasteiger partial charge in [0, 0.05) is 25.0 Å². The molecule has 0 fully saturated rings. The van der Waals surface area contributed by atoms with Crippen LogP contribution in [0.2, 0.25) is 0 Å². The lowest BCUT2D eigenvalue weighted by Crippen LogP contribution is -2.02. The molecule has 0 aliphatic carbocycles. The molecule has 3 rings (SSSR count). The number of carboxylic acid groups (broad SMARTS) is 1. The molecule has 2 N–H and O–H groups in total. The third kappa shape index (κ3) is 3.42. The molecule has 2 aromatic heterocycles. The van der Waals surface area contributed by atoms with Crippen molar-refractivity contribution in [3.05, 3.63) is 47.9 Å². The van der Waals surface area contributed by atoms with Gasteiger partial charge in [0.25, 0.3) is 0 Å². The van der Waals surface area contributed by atoms with E-state index in [9.17, 15) is 9.90 Å². The highest BCUT2D eigenvalue weighted by atomic mass is 16.5. The second-order valence-electron chi connectivity index (χ2n) is 5.47. The molecule has 0 amide bonds. The number of anilines is 2. The highest BCUT2D eigenvalue weighted by Gasteiger charge is 2.14. The van der Waals surface area contributed by atoms with Gasteiger partial charge in [0.05, 0.1) is 24.7 Å². The fourth-order valence-corrected chi connectivity index (χ4v) is 2.42. The molecule has 1 aromatic carbocycles. The minimum atomic E-state index is -1.04. The lowest BCUT2D eigenvalue weighted by Gasteiger charge is -2.11. The Morgan fingerprint density at radius 2 is 2.12 bits per heavy atom. The van der Waals surface area contributed by atoms with Crippen LogP contribution in [0.15, 0.2) is 36.8 Å². The minimum absolute atomic E-state index is 0.103. The van der Waals surface area contributed by atoms with E-state index in [1.165, 1.54) is 13.2 Å². The largest absolute Gasteiger partial charge is 0.496 e. The topological polar surface area (TPSA) is 102 Å². The summed E-state index contributed by atoms with van der Waals surface area (Å²) in [6, 6.07) is 4.87. The number of hydrogen-bond donors (Lipinski definition) is 2. The Labute approximate surface area is 144 Å². The van der Waals surface area contributed by atoms with Crippen molar-refractivity contribution < 1.29 is 14.6 Å². The van der Waals surface area contributed by atoms with E-state index >= 15 is 0 Å². The van der Waals surface area contributed by atoms with Crippen molar-refractivity contribution in [2.24, 2.45) is 7.05 Å². The Hall–Kier alpha value is -3.42. The number of carbonyl (C=O) groups is 1. The predicted molar refractivity (Wildman–Crippen MR) is 92.2 cm³/mol. The minimum Gasteiger partial charge on any atom is -0.496 e. The summed E-state index contributed by atoms with van der Waals surface area (Å²) in [6.07, 6.45) is 5.19. The first kappa shape index (κ1) is 16.4. The Kier molecular flexibility index (Phi) is 4.34. The Morgan fingerprint density at radius 3 is 2.76 bits per heavy atom. The number of carboxylic acids is 1. The van der Waals surface area contributed by atoms with E-state index in [1.54, 1.807) is 29.2 Å². The zero-order valence-electron chi connectivity index (χ0n) is 14.0. The van der Waals surface area contributed by atoms with Crippen LogP contribution in [-0.4, -0.2) is 37.9 Å². The summed E-state index contributed by atoms with van der Waals surface area (Å²) in [5.74, 6) is -0.332. The van der Waals surface area contributed by atoms with Gasteiger partial charge in [0.2, 0.25) is 5.95 Å². The molecule has 2 heterocycles. The average Bonchev–Trinajstić information content (AvgIpc) is 3.00. The molecule has 0 saturated heterocycles. The number of rotatable bonds is 5. The SMILES string of the molecule is COc1cc(-c2nc(Nc3cnn(C)c3)ncc2C)ccc1C(=O)O. The van der Waals surface area contributed by atoms with Crippen LogP contribution in [0.25, 0.3) is 11.3 Å². The lowest BCUT2D eigenvalue weighted by atomic mass is 10.0. The maximum atomic E-state index is 11.2. The number of methoxy groups -OCH3 is 1. The molecular formula is C17H17N5O3. The highest BCUT2D eigenvalue weighted by molar-refractivity contribution is 5.92. The number of ether oxygens (including phenoxy) is 1. The molecule has 0 bridgehead atoms. The van der Waals surface area contributed by atoms with Gasteiger partial charge in [-0.15, -0.1) is 0 Å². The van der Waals surface area contributed by atoms with Crippen LogP contribution in [0.1, 0.15) is 15.9 Å². The number of aromatic nitrogens is 4. The van der Waals surface area contributed by atoms with Gasteiger partial charge in [-0.05, 0) is 24.6 Å². The standard InChI is InChI=1S/C17H17N5O3/c1-10-7-18-17(20-12-8-19-22(2)9-12)21-15(10)11-4-5-13(16(23)24)14(6-11)25-3/h4-9H,1-3H3,(H,23,24)(H,18,20,21). The van der Waals surface area contributed by atoms with Gasteiger partial charge in [-0.2, -0.15) is 5.10 Å². The Bertz CT molecular complexity index is 936. The molecule has 8 heteroatoms. The molecule has 0 aliphatic heterocycles. The molecule has 0 unspecified atom stereocenters. The van der Waals surface area contributed by atoms with E-state index in [2.05, 4.69) is 20.4 Å². The Balaban J connectivity index is 1.99. The molecule has 0 atom stereocenters. The van der Waals surface area contributed by atoms with Crippen LogP contribution in [-0.2, 0) is 7.05 Å². The van der Waals surface area contributed by atoms with E-state index in [1.807, 2.05) is 20.2 Å². The van der Waals surface area contributed by atoms with Crippen molar-refractivity contribution in [2.75, 3.05) is 12.4 Å². The summed E-state index contributed by atoms with van der Waals surface area (Å²) in [6.45, 7) is 1.89. The van der Waals surface area contributed by atoms with Gasteiger partial charge in [-0.25, -0.2) is 14.8 Å². The van der Waals surface area contributed by atoms with Crippen LogP contribution < -0.4 is 10.1 Å². The summed E-state index contributed by atoms with van der Waals surface area (Å²) in [7, 11) is 3.26.